The zero-order chi connectivity index (χ0) is 24.6. The highest BCUT2D eigenvalue weighted by Gasteiger charge is 2.28. The number of nitrogens with two attached hydrogens (primary N) is 1. The lowest BCUT2D eigenvalue weighted by Gasteiger charge is -2.28. The Labute approximate surface area is 211 Å². The van der Waals surface area contributed by atoms with Gasteiger partial charge in [0.25, 0.3) is 0 Å². The van der Waals surface area contributed by atoms with Gasteiger partial charge in [-0.15, -0.1) is 11.3 Å². The molecule has 2 heterocycles. The standard InChI is InChI=1S/C26H33N5O2S2/c1-26(2)13-12-21-22(16-26)34-25(29-21)31-24-15-20(35(32,33)19-6-4-3-5-7-19)14-23(30-24)28-18-10-8-17(27)9-11-18/h3-7,14-15,17-18H,8-13,16,27H2,1-2H3,(H2,28,29,30,31). The van der Waals surface area contributed by atoms with Gasteiger partial charge in [-0.25, -0.2) is 18.4 Å². The van der Waals surface area contributed by atoms with E-state index in [9.17, 15) is 8.42 Å². The maximum absolute atomic E-state index is 13.4. The lowest BCUT2D eigenvalue weighted by Crippen LogP contribution is -2.33. The summed E-state index contributed by atoms with van der Waals surface area (Å²) in [6.45, 7) is 4.58. The molecule has 7 nitrogen and oxygen atoms in total. The third kappa shape index (κ3) is 5.52. The molecule has 1 aromatic carbocycles. The van der Waals surface area contributed by atoms with E-state index in [0.29, 0.717) is 11.6 Å². The molecule has 1 saturated carbocycles. The SMILES string of the molecule is CC1(C)CCc2nc(Nc3cc(S(=O)(=O)c4ccccc4)cc(NC4CCC(N)CC4)n3)sc2C1. The van der Waals surface area contributed by atoms with Crippen molar-refractivity contribution in [1.82, 2.24) is 9.97 Å². The second-order valence-corrected chi connectivity index (χ2v) is 13.5. The minimum absolute atomic E-state index is 0.207. The number of nitrogens with one attached hydrogen (secondary N) is 2. The highest BCUT2D eigenvalue weighted by atomic mass is 32.2. The normalized spacial score (nSPS) is 21.8. The van der Waals surface area contributed by atoms with Crippen molar-refractivity contribution in [3.05, 3.63) is 53.0 Å². The van der Waals surface area contributed by atoms with Crippen molar-refractivity contribution >= 4 is 37.9 Å². The number of pyridine rings is 1. The highest BCUT2D eigenvalue weighted by molar-refractivity contribution is 7.91. The Hall–Kier alpha value is -2.49. The number of hydrogen-bond donors (Lipinski definition) is 3. The van der Waals surface area contributed by atoms with E-state index < -0.39 is 9.84 Å². The van der Waals surface area contributed by atoms with Crippen molar-refractivity contribution in [2.24, 2.45) is 11.1 Å². The summed E-state index contributed by atoms with van der Waals surface area (Å²) in [4.78, 5) is 11.3. The lowest BCUT2D eigenvalue weighted by molar-refractivity contribution is 0.316. The number of benzene rings is 1. The zero-order valence-corrected chi connectivity index (χ0v) is 21.9. The van der Waals surface area contributed by atoms with E-state index >= 15 is 0 Å². The summed E-state index contributed by atoms with van der Waals surface area (Å²) in [5.41, 5.74) is 7.48. The van der Waals surface area contributed by atoms with E-state index in [2.05, 4.69) is 24.5 Å². The minimum Gasteiger partial charge on any atom is -0.367 e. The quantitative estimate of drug-likeness (QED) is 0.411. The Morgan fingerprint density at radius 1 is 1.00 bits per heavy atom. The van der Waals surface area contributed by atoms with E-state index in [0.717, 1.165) is 55.8 Å². The molecule has 0 atom stereocenters. The lowest BCUT2D eigenvalue weighted by atomic mass is 9.79. The number of aryl methyl sites for hydroxylation is 1. The fourth-order valence-corrected chi connectivity index (χ4v) is 7.46. The number of sulfone groups is 1. The maximum atomic E-state index is 13.4. The van der Waals surface area contributed by atoms with Crippen molar-refractivity contribution in [2.45, 2.75) is 80.7 Å². The first kappa shape index (κ1) is 24.2. The van der Waals surface area contributed by atoms with E-state index in [4.69, 9.17) is 15.7 Å². The van der Waals surface area contributed by atoms with Gasteiger partial charge in [0.1, 0.15) is 11.6 Å². The van der Waals surface area contributed by atoms with Crippen molar-refractivity contribution in [3.63, 3.8) is 0 Å². The molecule has 2 aromatic heterocycles. The Balaban J connectivity index is 1.47. The summed E-state index contributed by atoms with van der Waals surface area (Å²) in [6.07, 6.45) is 6.87. The average Bonchev–Trinajstić information content (AvgIpc) is 3.21. The van der Waals surface area contributed by atoms with Crippen LogP contribution in [0.3, 0.4) is 0 Å². The van der Waals surface area contributed by atoms with Crippen LogP contribution in [0.5, 0.6) is 0 Å². The molecule has 4 N–H and O–H groups in total. The third-order valence-corrected chi connectivity index (χ3v) is 9.74. The predicted octanol–water partition coefficient (Wildman–Crippen LogP) is 5.31. The number of anilines is 3. The van der Waals surface area contributed by atoms with Crippen LogP contribution in [0.25, 0.3) is 0 Å². The van der Waals surface area contributed by atoms with Crippen molar-refractivity contribution in [3.8, 4) is 0 Å². The van der Waals surface area contributed by atoms with Crippen LogP contribution in [-0.2, 0) is 22.7 Å². The molecule has 0 bridgehead atoms. The molecular formula is C26H33N5O2S2. The number of rotatable bonds is 6. The van der Waals surface area contributed by atoms with Gasteiger partial charge < -0.3 is 16.4 Å². The Morgan fingerprint density at radius 2 is 1.71 bits per heavy atom. The molecular weight excluding hydrogens is 478 g/mol. The average molecular weight is 512 g/mol. The summed E-state index contributed by atoms with van der Waals surface area (Å²) in [5, 5.41) is 7.53. The van der Waals surface area contributed by atoms with Crippen LogP contribution in [-0.4, -0.2) is 30.5 Å². The van der Waals surface area contributed by atoms with Crippen LogP contribution >= 0.6 is 11.3 Å². The minimum atomic E-state index is -3.70. The summed E-state index contributed by atoms with van der Waals surface area (Å²) < 4.78 is 26.9. The molecule has 9 heteroatoms. The number of aromatic nitrogens is 2. The van der Waals surface area contributed by atoms with Gasteiger partial charge in [-0.1, -0.05) is 32.0 Å². The van der Waals surface area contributed by atoms with Gasteiger partial charge in [0.15, 0.2) is 5.13 Å². The molecule has 35 heavy (non-hydrogen) atoms. The predicted molar refractivity (Wildman–Crippen MR) is 141 cm³/mol. The molecule has 3 aromatic rings. The molecule has 0 unspecified atom stereocenters. The largest absolute Gasteiger partial charge is 0.367 e. The van der Waals surface area contributed by atoms with Gasteiger partial charge >= 0.3 is 0 Å². The van der Waals surface area contributed by atoms with Gasteiger partial charge in [-0.05, 0) is 68.6 Å². The van der Waals surface area contributed by atoms with Gasteiger partial charge in [0.2, 0.25) is 9.84 Å². The first-order valence-electron chi connectivity index (χ1n) is 12.3. The molecule has 1 fully saturated rings. The number of thiazole rings is 1. The fourth-order valence-electron chi connectivity index (χ4n) is 4.87. The molecule has 5 rings (SSSR count). The number of fused-ring (bicyclic) bond motifs is 1. The van der Waals surface area contributed by atoms with Crippen LogP contribution in [0.4, 0.5) is 16.8 Å². The molecule has 2 aliphatic carbocycles. The third-order valence-electron chi connectivity index (χ3n) is 6.98. The summed E-state index contributed by atoms with van der Waals surface area (Å²) >= 11 is 1.64. The van der Waals surface area contributed by atoms with Gasteiger partial charge in [0.05, 0.1) is 15.5 Å². The second-order valence-electron chi connectivity index (χ2n) is 10.5. The number of nitrogens with zero attached hydrogens (tertiary/aromatic N) is 2. The van der Waals surface area contributed by atoms with E-state index in [1.807, 2.05) is 6.07 Å². The molecule has 0 aliphatic heterocycles. The molecule has 0 amide bonds. The van der Waals surface area contributed by atoms with E-state index in [1.54, 1.807) is 47.7 Å². The molecule has 0 saturated heterocycles. The zero-order valence-electron chi connectivity index (χ0n) is 20.3. The molecule has 186 valence electrons. The second kappa shape index (κ2) is 9.52. The summed E-state index contributed by atoms with van der Waals surface area (Å²) in [7, 11) is -3.70. The summed E-state index contributed by atoms with van der Waals surface area (Å²) in [6, 6.07) is 12.2. The monoisotopic (exact) mass is 511 g/mol. The molecule has 0 spiro atoms. The highest BCUT2D eigenvalue weighted by Crippen LogP contribution is 2.39. The van der Waals surface area contributed by atoms with Crippen LogP contribution in [0.1, 0.15) is 56.5 Å². The van der Waals surface area contributed by atoms with Crippen LogP contribution in [0.2, 0.25) is 0 Å². The van der Waals surface area contributed by atoms with Gasteiger partial charge in [-0.2, -0.15) is 0 Å². The molecule has 2 aliphatic rings. The number of hydrogen-bond acceptors (Lipinski definition) is 8. The van der Waals surface area contributed by atoms with Crippen LogP contribution < -0.4 is 16.4 Å². The van der Waals surface area contributed by atoms with E-state index in [1.165, 1.54) is 4.88 Å². The Bertz CT molecular complexity index is 1300. The van der Waals surface area contributed by atoms with Crippen LogP contribution in [0.15, 0.2) is 52.3 Å². The van der Waals surface area contributed by atoms with Crippen molar-refractivity contribution in [1.29, 1.82) is 0 Å². The van der Waals surface area contributed by atoms with E-state index in [-0.39, 0.29) is 27.3 Å². The first-order chi connectivity index (χ1) is 16.7. The first-order valence-corrected chi connectivity index (χ1v) is 14.6. The molecule has 0 radical (unpaired) electrons. The van der Waals surface area contributed by atoms with Crippen molar-refractivity contribution < 1.29 is 8.42 Å². The smallest absolute Gasteiger partial charge is 0.206 e. The van der Waals surface area contributed by atoms with Gasteiger partial charge in [-0.3, -0.25) is 0 Å². The Morgan fingerprint density at radius 3 is 2.46 bits per heavy atom. The van der Waals surface area contributed by atoms with Crippen LogP contribution in [0, 0.1) is 5.41 Å². The topological polar surface area (TPSA) is 110 Å². The van der Waals surface area contributed by atoms with Crippen molar-refractivity contribution in [2.75, 3.05) is 10.6 Å². The fraction of sp³-hybridized carbons (Fsp3) is 0.462. The Kier molecular flexibility index (Phi) is 6.59. The van der Waals surface area contributed by atoms with Gasteiger partial charge in [0, 0.05) is 23.0 Å². The maximum Gasteiger partial charge on any atom is 0.206 e. The summed E-state index contributed by atoms with van der Waals surface area (Å²) in [5.74, 6) is 1.02.